The Hall–Kier alpha value is -0.540. The molecule has 2 rings (SSSR count). The summed E-state index contributed by atoms with van der Waals surface area (Å²) < 4.78 is 7.25. The second-order valence-electron chi connectivity index (χ2n) is 5.98. The van der Waals surface area contributed by atoms with Crippen molar-refractivity contribution in [2.24, 2.45) is 11.7 Å². The van der Waals surface area contributed by atoms with Crippen LogP contribution < -0.4 is 10.5 Å². The Labute approximate surface area is 118 Å². The van der Waals surface area contributed by atoms with E-state index in [1.54, 1.807) is 0 Å². The topological polar surface area (TPSA) is 35.2 Å². The van der Waals surface area contributed by atoms with E-state index < -0.39 is 0 Å². The molecule has 1 aromatic rings. The average molecular weight is 312 g/mol. The van der Waals surface area contributed by atoms with E-state index in [1.807, 2.05) is 12.1 Å². The number of fused-ring (bicyclic) bond motifs is 1. The average Bonchev–Trinajstić information content (AvgIpc) is 2.25. The van der Waals surface area contributed by atoms with Crippen LogP contribution in [0.4, 0.5) is 0 Å². The zero-order valence-electron chi connectivity index (χ0n) is 11.4. The van der Waals surface area contributed by atoms with Crippen LogP contribution in [0.25, 0.3) is 0 Å². The number of rotatable bonds is 3. The van der Waals surface area contributed by atoms with E-state index in [-0.39, 0.29) is 11.6 Å². The molecule has 0 radical (unpaired) electrons. The van der Waals surface area contributed by atoms with E-state index >= 15 is 0 Å². The van der Waals surface area contributed by atoms with Crippen molar-refractivity contribution in [3.63, 3.8) is 0 Å². The van der Waals surface area contributed by atoms with Crippen LogP contribution >= 0.6 is 15.9 Å². The minimum Gasteiger partial charge on any atom is -0.487 e. The first-order valence-electron chi connectivity index (χ1n) is 6.64. The van der Waals surface area contributed by atoms with E-state index in [9.17, 15) is 0 Å². The van der Waals surface area contributed by atoms with Gasteiger partial charge in [0.2, 0.25) is 0 Å². The van der Waals surface area contributed by atoms with Gasteiger partial charge < -0.3 is 10.5 Å². The first-order valence-corrected chi connectivity index (χ1v) is 7.43. The molecule has 0 spiro atoms. The molecule has 1 aliphatic heterocycles. The molecule has 0 fully saturated rings. The van der Waals surface area contributed by atoms with Crippen molar-refractivity contribution in [1.82, 2.24) is 0 Å². The monoisotopic (exact) mass is 311 g/mol. The molecule has 0 amide bonds. The molecule has 100 valence electrons. The van der Waals surface area contributed by atoms with Gasteiger partial charge in [0, 0.05) is 22.5 Å². The Bertz CT molecular complexity index is 433. The van der Waals surface area contributed by atoms with E-state index in [0.717, 1.165) is 28.6 Å². The minimum atomic E-state index is -0.127. The number of hydrogen-bond donors (Lipinski definition) is 1. The molecule has 1 unspecified atom stereocenters. The fourth-order valence-electron chi connectivity index (χ4n) is 2.53. The van der Waals surface area contributed by atoms with Crippen LogP contribution in [0.1, 0.15) is 51.6 Å². The van der Waals surface area contributed by atoms with E-state index in [2.05, 4.69) is 42.8 Å². The highest BCUT2D eigenvalue weighted by Gasteiger charge is 2.35. The van der Waals surface area contributed by atoms with Gasteiger partial charge in [-0.2, -0.15) is 0 Å². The quantitative estimate of drug-likeness (QED) is 0.896. The fraction of sp³-hybridized carbons (Fsp3) is 0.600. The van der Waals surface area contributed by atoms with Gasteiger partial charge in [-0.05, 0) is 37.8 Å². The highest BCUT2D eigenvalue weighted by molar-refractivity contribution is 9.10. The lowest BCUT2D eigenvalue weighted by Gasteiger charge is -2.39. The predicted octanol–water partition coefficient (Wildman–Crippen LogP) is 4.43. The Morgan fingerprint density at radius 2 is 2.22 bits per heavy atom. The van der Waals surface area contributed by atoms with Crippen molar-refractivity contribution >= 4 is 15.9 Å². The molecule has 0 saturated heterocycles. The first kappa shape index (κ1) is 13.9. The largest absolute Gasteiger partial charge is 0.487 e. The zero-order valence-corrected chi connectivity index (χ0v) is 13.0. The molecule has 18 heavy (non-hydrogen) atoms. The number of benzene rings is 1. The molecule has 0 bridgehead atoms. The maximum atomic E-state index is 6.28. The number of halogens is 1. The Morgan fingerprint density at radius 1 is 1.50 bits per heavy atom. The summed E-state index contributed by atoms with van der Waals surface area (Å²) in [4.78, 5) is 0. The van der Waals surface area contributed by atoms with Gasteiger partial charge in [-0.25, -0.2) is 0 Å². The Balaban J connectivity index is 2.20. The summed E-state index contributed by atoms with van der Waals surface area (Å²) in [5.74, 6) is 1.64. The lowest BCUT2D eigenvalue weighted by molar-refractivity contribution is 0.0404. The first-order chi connectivity index (χ1) is 8.39. The van der Waals surface area contributed by atoms with Crippen LogP contribution in [0.2, 0.25) is 0 Å². The van der Waals surface area contributed by atoms with Crippen LogP contribution in [-0.2, 0) is 0 Å². The lowest BCUT2D eigenvalue weighted by Crippen LogP contribution is -2.40. The van der Waals surface area contributed by atoms with Gasteiger partial charge in [-0.15, -0.1) is 0 Å². The molecule has 2 N–H and O–H groups in total. The van der Waals surface area contributed by atoms with Gasteiger partial charge >= 0.3 is 0 Å². The normalized spacial score (nSPS) is 26.9. The molecule has 2 atom stereocenters. The third-order valence-electron chi connectivity index (χ3n) is 3.63. The fourth-order valence-corrected chi connectivity index (χ4v) is 2.87. The van der Waals surface area contributed by atoms with Crippen LogP contribution in [-0.4, -0.2) is 5.60 Å². The smallest absolute Gasteiger partial charge is 0.126 e. The molecule has 0 aromatic heterocycles. The van der Waals surface area contributed by atoms with Crippen molar-refractivity contribution in [1.29, 1.82) is 0 Å². The second-order valence-corrected chi connectivity index (χ2v) is 6.89. The molecule has 1 heterocycles. The summed E-state index contributed by atoms with van der Waals surface area (Å²) in [7, 11) is 0. The predicted molar refractivity (Wildman–Crippen MR) is 78.8 cm³/mol. The van der Waals surface area contributed by atoms with E-state index in [0.29, 0.717) is 5.92 Å². The molecule has 2 nitrogen and oxygen atoms in total. The SMILES string of the molecule is CC(C)CCC1(C)C[C@@H](N)c2ccc(Br)cc2O1. The van der Waals surface area contributed by atoms with Gasteiger partial charge in [-0.1, -0.05) is 35.8 Å². The van der Waals surface area contributed by atoms with E-state index in [1.165, 1.54) is 6.42 Å². The third-order valence-corrected chi connectivity index (χ3v) is 4.13. The van der Waals surface area contributed by atoms with Crippen molar-refractivity contribution in [3.8, 4) is 5.75 Å². The zero-order chi connectivity index (χ0) is 13.3. The summed E-state index contributed by atoms with van der Waals surface area (Å²) in [5.41, 5.74) is 7.28. The number of hydrogen-bond acceptors (Lipinski definition) is 2. The Morgan fingerprint density at radius 3 is 2.89 bits per heavy atom. The number of ether oxygens (including phenoxy) is 1. The second kappa shape index (κ2) is 5.22. The Kier molecular flexibility index (Phi) is 4.02. The van der Waals surface area contributed by atoms with Crippen molar-refractivity contribution < 1.29 is 4.74 Å². The van der Waals surface area contributed by atoms with Gasteiger partial charge in [-0.3, -0.25) is 0 Å². The number of nitrogens with two attached hydrogens (primary N) is 1. The van der Waals surface area contributed by atoms with Crippen molar-refractivity contribution in [2.75, 3.05) is 0 Å². The standard InChI is InChI=1S/C15H22BrNO/c1-10(2)6-7-15(3)9-13(17)12-5-4-11(16)8-14(12)18-15/h4-5,8,10,13H,6-7,9,17H2,1-3H3/t13-,15?/m1/s1. The molecule has 1 aromatic carbocycles. The molecular weight excluding hydrogens is 290 g/mol. The highest BCUT2D eigenvalue weighted by atomic mass is 79.9. The minimum absolute atomic E-state index is 0.0824. The molecule has 3 heteroatoms. The summed E-state index contributed by atoms with van der Waals surface area (Å²) in [6, 6.07) is 6.20. The van der Waals surface area contributed by atoms with Crippen LogP contribution in [0.15, 0.2) is 22.7 Å². The summed E-state index contributed by atoms with van der Waals surface area (Å²) in [5, 5.41) is 0. The summed E-state index contributed by atoms with van der Waals surface area (Å²) in [6.07, 6.45) is 3.13. The van der Waals surface area contributed by atoms with Crippen LogP contribution in [0, 0.1) is 5.92 Å². The summed E-state index contributed by atoms with van der Waals surface area (Å²) >= 11 is 3.49. The third kappa shape index (κ3) is 3.07. The molecule has 0 aliphatic carbocycles. The lowest BCUT2D eigenvalue weighted by atomic mass is 9.84. The maximum absolute atomic E-state index is 6.28. The molecular formula is C15H22BrNO. The molecule has 0 saturated carbocycles. The van der Waals surface area contributed by atoms with Gasteiger partial charge in [0.15, 0.2) is 0 Å². The van der Waals surface area contributed by atoms with Crippen molar-refractivity contribution in [3.05, 3.63) is 28.2 Å². The highest BCUT2D eigenvalue weighted by Crippen LogP contribution is 2.41. The summed E-state index contributed by atoms with van der Waals surface area (Å²) in [6.45, 7) is 6.67. The maximum Gasteiger partial charge on any atom is 0.126 e. The van der Waals surface area contributed by atoms with Gasteiger partial charge in [0.1, 0.15) is 11.4 Å². The van der Waals surface area contributed by atoms with Gasteiger partial charge in [0.05, 0.1) is 0 Å². The van der Waals surface area contributed by atoms with Crippen LogP contribution in [0.5, 0.6) is 5.75 Å². The van der Waals surface area contributed by atoms with E-state index in [4.69, 9.17) is 10.5 Å². The molecule has 1 aliphatic rings. The van der Waals surface area contributed by atoms with Gasteiger partial charge in [0.25, 0.3) is 0 Å². The van der Waals surface area contributed by atoms with Crippen molar-refractivity contribution in [2.45, 2.75) is 51.7 Å². The van der Waals surface area contributed by atoms with Crippen LogP contribution in [0.3, 0.4) is 0 Å².